The van der Waals surface area contributed by atoms with Crippen molar-refractivity contribution in [1.82, 2.24) is 0 Å². The third-order valence-electron chi connectivity index (χ3n) is 2.43. The fourth-order valence-corrected chi connectivity index (χ4v) is 3.31. The van der Waals surface area contributed by atoms with Crippen LogP contribution in [0.3, 0.4) is 0 Å². The van der Waals surface area contributed by atoms with E-state index in [2.05, 4.69) is 63.9 Å². The fraction of sp³-hybridized carbons (Fsp3) is 0.357. The summed E-state index contributed by atoms with van der Waals surface area (Å²) in [5.74, 6) is 5.46. The first-order valence-electron chi connectivity index (χ1n) is 5.78. The number of rotatable bonds is 3. The van der Waals surface area contributed by atoms with Crippen LogP contribution in [0.4, 0.5) is 5.69 Å². The van der Waals surface area contributed by atoms with Crippen LogP contribution in [0.2, 0.25) is 0 Å². The Morgan fingerprint density at radius 3 is 2.72 bits per heavy atom. The molecule has 0 aliphatic rings. The van der Waals surface area contributed by atoms with Crippen molar-refractivity contribution < 1.29 is 4.79 Å². The lowest BCUT2D eigenvalue weighted by molar-refractivity contribution is -0.113. The molecule has 0 N–H and O–H groups in total. The molecule has 1 rings (SSSR count). The van der Waals surface area contributed by atoms with Gasteiger partial charge in [-0.3, -0.25) is 4.79 Å². The maximum Gasteiger partial charge on any atom is 0.302 e. The number of hydrogen-bond acceptors (Lipinski definition) is 1. The van der Waals surface area contributed by atoms with Crippen LogP contribution in [-0.4, -0.2) is 13.0 Å². The molecule has 0 heterocycles. The molecule has 4 heteroatoms. The molecule has 0 atom stereocenters. The molecule has 0 bridgehead atoms. The molecule has 96 valence electrons. The van der Waals surface area contributed by atoms with Gasteiger partial charge in [0.1, 0.15) is 0 Å². The van der Waals surface area contributed by atoms with Crippen molar-refractivity contribution in [1.29, 1.82) is 0 Å². The lowest BCUT2D eigenvalue weighted by atomic mass is 10.2. The van der Waals surface area contributed by atoms with E-state index in [1.165, 1.54) is 0 Å². The fourth-order valence-electron chi connectivity index (χ4n) is 1.35. The van der Waals surface area contributed by atoms with Crippen LogP contribution in [0.5, 0.6) is 0 Å². The van der Waals surface area contributed by atoms with Gasteiger partial charge in [0.05, 0.1) is 5.69 Å². The van der Waals surface area contributed by atoms with Crippen molar-refractivity contribution >= 4 is 56.8 Å². The van der Waals surface area contributed by atoms with Gasteiger partial charge in [-0.15, -0.1) is 0 Å². The van der Waals surface area contributed by atoms with Crippen LogP contribution in [-0.2, 0) is 4.79 Å². The Labute approximate surface area is 136 Å². The molecule has 0 saturated heterocycles. The molecule has 1 aromatic carbocycles. The molecule has 1 aromatic rings. The maximum atomic E-state index is 11.9. The van der Waals surface area contributed by atoms with Gasteiger partial charge in [0, 0.05) is 20.6 Å². The van der Waals surface area contributed by atoms with E-state index < -0.39 is 0 Å². The third-order valence-corrected chi connectivity index (χ3v) is 3.96. The third kappa shape index (κ3) is 4.76. The molecular formula is C14H15I2NO. The highest BCUT2D eigenvalue weighted by Gasteiger charge is 2.11. The summed E-state index contributed by atoms with van der Waals surface area (Å²) in [5.41, 5.74) is 0.908. The zero-order valence-corrected chi connectivity index (χ0v) is 14.8. The quantitative estimate of drug-likeness (QED) is 0.374. The van der Waals surface area contributed by atoms with E-state index >= 15 is 0 Å². The minimum atomic E-state index is -0.148. The summed E-state index contributed by atoms with van der Waals surface area (Å²) in [4.78, 5) is 13.5. The first-order valence-corrected chi connectivity index (χ1v) is 7.93. The molecule has 0 fully saturated rings. The topological polar surface area (TPSA) is 20.3 Å². The lowest BCUT2D eigenvalue weighted by Gasteiger charge is -2.16. The summed E-state index contributed by atoms with van der Waals surface area (Å²) in [5, 5.41) is 0. The molecule has 0 aliphatic carbocycles. The second-order valence-corrected chi connectivity index (χ2v) is 6.27. The Kier molecular flexibility index (Phi) is 7.00. The van der Waals surface area contributed by atoms with E-state index in [4.69, 9.17) is 0 Å². The summed E-state index contributed by atoms with van der Waals surface area (Å²) in [6.45, 7) is 2.11. The van der Waals surface area contributed by atoms with E-state index in [9.17, 15) is 4.79 Å². The Hall–Kier alpha value is -0.290. The largest absolute Gasteiger partial charge is 0.304 e. The van der Waals surface area contributed by atoms with E-state index in [0.29, 0.717) is 0 Å². The van der Waals surface area contributed by atoms with Crippen LogP contribution in [0.15, 0.2) is 18.2 Å². The standard InChI is InChI=1S/C14H15I2NO/c1-3-4-5-6-7-14(18)17(2)13-9-8-11(15)10-12(13)16/h8-10H,3-5H2,1-2H3. The van der Waals surface area contributed by atoms with Crippen LogP contribution >= 0.6 is 45.2 Å². The Bertz CT molecular complexity index is 488. The molecule has 18 heavy (non-hydrogen) atoms. The van der Waals surface area contributed by atoms with Crippen molar-refractivity contribution in [2.24, 2.45) is 0 Å². The Morgan fingerprint density at radius 2 is 2.11 bits per heavy atom. The number of amides is 1. The normalized spacial score (nSPS) is 9.56. The Balaban J connectivity index is 2.76. The molecule has 1 amide bonds. The van der Waals surface area contributed by atoms with Crippen molar-refractivity contribution in [3.05, 3.63) is 25.3 Å². The lowest BCUT2D eigenvalue weighted by Crippen LogP contribution is -2.25. The molecule has 2 nitrogen and oxygen atoms in total. The zero-order chi connectivity index (χ0) is 13.5. The van der Waals surface area contributed by atoms with Crippen LogP contribution in [0, 0.1) is 19.0 Å². The second kappa shape index (κ2) is 8.00. The first-order chi connectivity index (χ1) is 8.56. The molecule has 0 radical (unpaired) electrons. The highest BCUT2D eigenvalue weighted by atomic mass is 127. The average molecular weight is 467 g/mol. The number of carbonyl (C=O) groups is 1. The van der Waals surface area contributed by atoms with Crippen molar-refractivity contribution in [2.75, 3.05) is 11.9 Å². The van der Waals surface area contributed by atoms with E-state index in [0.717, 1.165) is 32.1 Å². The van der Waals surface area contributed by atoms with Gasteiger partial charge in [-0.2, -0.15) is 0 Å². The Morgan fingerprint density at radius 1 is 1.39 bits per heavy atom. The first kappa shape index (κ1) is 15.8. The van der Waals surface area contributed by atoms with E-state index in [1.807, 2.05) is 18.2 Å². The predicted molar refractivity (Wildman–Crippen MR) is 92.6 cm³/mol. The number of benzene rings is 1. The minimum absolute atomic E-state index is 0.148. The molecular weight excluding hydrogens is 452 g/mol. The van der Waals surface area contributed by atoms with Gasteiger partial charge in [-0.05, 0) is 75.7 Å². The number of nitrogens with zero attached hydrogens (tertiary/aromatic N) is 1. The highest BCUT2D eigenvalue weighted by Crippen LogP contribution is 2.23. The average Bonchev–Trinajstić information content (AvgIpc) is 2.33. The van der Waals surface area contributed by atoms with E-state index in [-0.39, 0.29) is 5.91 Å². The summed E-state index contributed by atoms with van der Waals surface area (Å²) >= 11 is 4.50. The van der Waals surface area contributed by atoms with Crippen molar-refractivity contribution in [3.8, 4) is 11.8 Å². The summed E-state index contributed by atoms with van der Waals surface area (Å²) in [6, 6.07) is 5.99. The molecule has 0 aromatic heterocycles. The smallest absolute Gasteiger partial charge is 0.302 e. The highest BCUT2D eigenvalue weighted by molar-refractivity contribution is 14.1. The number of carbonyl (C=O) groups excluding carboxylic acids is 1. The van der Waals surface area contributed by atoms with Gasteiger partial charge >= 0.3 is 5.91 Å². The number of hydrogen-bond donors (Lipinski definition) is 0. The predicted octanol–water partition coefficient (Wildman–Crippen LogP) is 4.05. The monoisotopic (exact) mass is 467 g/mol. The number of anilines is 1. The SMILES string of the molecule is CCCCC#CC(=O)N(C)c1ccc(I)cc1I. The van der Waals surface area contributed by atoms with E-state index in [1.54, 1.807) is 11.9 Å². The molecule has 0 saturated carbocycles. The number of halogens is 2. The second-order valence-electron chi connectivity index (χ2n) is 3.87. The van der Waals surface area contributed by atoms with Crippen LogP contribution in [0.1, 0.15) is 26.2 Å². The van der Waals surface area contributed by atoms with Gasteiger partial charge in [0.2, 0.25) is 0 Å². The number of unbranched alkanes of at least 4 members (excludes halogenated alkanes) is 2. The summed E-state index contributed by atoms with van der Waals surface area (Å²) in [6.07, 6.45) is 2.94. The van der Waals surface area contributed by atoms with Gasteiger partial charge in [-0.1, -0.05) is 19.3 Å². The maximum absolute atomic E-state index is 11.9. The van der Waals surface area contributed by atoms with Crippen molar-refractivity contribution in [3.63, 3.8) is 0 Å². The van der Waals surface area contributed by atoms with Gasteiger partial charge in [0.15, 0.2) is 0 Å². The van der Waals surface area contributed by atoms with Gasteiger partial charge in [-0.25, -0.2) is 0 Å². The van der Waals surface area contributed by atoms with Gasteiger partial charge in [0.25, 0.3) is 0 Å². The molecule has 0 spiro atoms. The zero-order valence-electron chi connectivity index (χ0n) is 10.5. The van der Waals surface area contributed by atoms with Crippen LogP contribution in [0.25, 0.3) is 0 Å². The summed E-state index contributed by atoms with van der Waals surface area (Å²) in [7, 11) is 1.77. The molecule has 0 aliphatic heterocycles. The summed E-state index contributed by atoms with van der Waals surface area (Å²) < 4.78 is 2.22. The van der Waals surface area contributed by atoms with Gasteiger partial charge < -0.3 is 4.90 Å². The molecule has 0 unspecified atom stereocenters. The van der Waals surface area contributed by atoms with Crippen molar-refractivity contribution in [2.45, 2.75) is 26.2 Å². The van der Waals surface area contributed by atoms with Crippen LogP contribution < -0.4 is 4.90 Å². The minimum Gasteiger partial charge on any atom is -0.304 e.